The first kappa shape index (κ1) is 24.2. The van der Waals surface area contributed by atoms with Gasteiger partial charge in [0.15, 0.2) is 5.82 Å². The molecule has 0 saturated heterocycles. The fraction of sp³-hybridized carbons (Fsp3) is 0.188. The number of para-hydroxylation sites is 1. The summed E-state index contributed by atoms with van der Waals surface area (Å²) < 4.78 is 13.5. The van der Waals surface area contributed by atoms with Gasteiger partial charge in [-0.3, -0.25) is 14.9 Å². The molecule has 8 heteroatoms. The maximum absolute atomic E-state index is 13.5. The second-order valence-electron chi connectivity index (χ2n) is 10.4. The largest absolute Gasteiger partial charge is 0.337 e. The number of halogens is 1. The minimum absolute atomic E-state index is 0.0768. The zero-order valence-electron chi connectivity index (χ0n) is 21.7. The number of aromatic amines is 2. The van der Waals surface area contributed by atoms with Crippen molar-refractivity contribution >= 4 is 40.4 Å². The van der Waals surface area contributed by atoms with E-state index in [-0.39, 0.29) is 17.6 Å². The summed E-state index contributed by atoms with van der Waals surface area (Å²) in [6.45, 7) is 0. The van der Waals surface area contributed by atoms with Crippen LogP contribution in [-0.2, 0) is 4.79 Å². The number of anilines is 1. The van der Waals surface area contributed by atoms with Crippen molar-refractivity contribution in [3.8, 4) is 22.6 Å². The van der Waals surface area contributed by atoms with E-state index in [0.29, 0.717) is 23.6 Å². The van der Waals surface area contributed by atoms with Crippen molar-refractivity contribution in [3.05, 3.63) is 88.9 Å². The molecule has 0 unspecified atom stereocenters. The number of amides is 1. The molecule has 2 aromatic carbocycles. The predicted molar refractivity (Wildman–Crippen MR) is 155 cm³/mol. The molecule has 3 N–H and O–H groups in total. The third-order valence-electron chi connectivity index (χ3n) is 7.75. The molecule has 3 aromatic heterocycles. The molecular formula is C32H27FN6O. The number of imidazole rings is 1. The Balaban J connectivity index is 1.25. The molecule has 0 atom stereocenters. The van der Waals surface area contributed by atoms with Crippen LogP contribution in [0.2, 0.25) is 0 Å². The van der Waals surface area contributed by atoms with Crippen LogP contribution in [0.15, 0.2) is 67.0 Å². The fourth-order valence-electron chi connectivity index (χ4n) is 5.67. The van der Waals surface area contributed by atoms with Gasteiger partial charge in [-0.15, -0.1) is 0 Å². The van der Waals surface area contributed by atoms with Crippen molar-refractivity contribution in [1.29, 1.82) is 0 Å². The molecule has 7 nitrogen and oxygen atoms in total. The lowest BCUT2D eigenvalue weighted by atomic mass is 10.0. The monoisotopic (exact) mass is 530 g/mol. The van der Waals surface area contributed by atoms with Gasteiger partial charge in [-0.05, 0) is 60.7 Å². The molecule has 1 saturated carbocycles. The molecule has 2 aliphatic carbocycles. The average molecular weight is 531 g/mol. The van der Waals surface area contributed by atoms with Gasteiger partial charge >= 0.3 is 0 Å². The number of nitrogens with zero attached hydrogens (tertiary/aromatic N) is 3. The van der Waals surface area contributed by atoms with Crippen molar-refractivity contribution < 1.29 is 9.18 Å². The molecule has 40 heavy (non-hydrogen) atoms. The Morgan fingerprint density at radius 3 is 2.70 bits per heavy atom. The topological polar surface area (TPSA) is 99.3 Å². The normalized spacial score (nSPS) is 15.2. The number of hydrogen-bond donors (Lipinski definition) is 3. The van der Waals surface area contributed by atoms with Gasteiger partial charge in [0.2, 0.25) is 5.91 Å². The van der Waals surface area contributed by atoms with Crippen molar-refractivity contribution in [3.63, 3.8) is 0 Å². The Kier molecular flexibility index (Phi) is 6.07. The van der Waals surface area contributed by atoms with Gasteiger partial charge < -0.3 is 10.3 Å². The van der Waals surface area contributed by atoms with Gasteiger partial charge in [0, 0.05) is 28.5 Å². The second kappa shape index (κ2) is 10.0. The van der Waals surface area contributed by atoms with Gasteiger partial charge in [-0.2, -0.15) is 5.10 Å². The summed E-state index contributed by atoms with van der Waals surface area (Å²) in [6.07, 6.45) is 14.7. The zero-order valence-corrected chi connectivity index (χ0v) is 21.7. The van der Waals surface area contributed by atoms with Gasteiger partial charge in [0.05, 0.1) is 28.3 Å². The number of pyridine rings is 1. The summed E-state index contributed by atoms with van der Waals surface area (Å²) in [4.78, 5) is 25.5. The molecule has 198 valence electrons. The Labute approximate surface area is 229 Å². The number of hydrogen-bond acceptors (Lipinski definition) is 4. The average Bonchev–Trinajstić information content (AvgIpc) is 3.71. The summed E-state index contributed by atoms with van der Waals surface area (Å²) in [6, 6.07) is 14.3. The number of allylic oxidation sites excluding steroid dienone is 2. The van der Waals surface area contributed by atoms with Crippen LogP contribution in [0, 0.1) is 11.7 Å². The minimum atomic E-state index is -0.273. The fourth-order valence-corrected chi connectivity index (χ4v) is 5.67. The van der Waals surface area contributed by atoms with E-state index in [1.54, 1.807) is 18.3 Å². The van der Waals surface area contributed by atoms with Crippen molar-refractivity contribution in [2.24, 2.45) is 5.92 Å². The maximum atomic E-state index is 13.5. The molecular weight excluding hydrogens is 503 g/mol. The van der Waals surface area contributed by atoms with Crippen LogP contribution < -0.4 is 15.9 Å². The van der Waals surface area contributed by atoms with E-state index in [1.807, 2.05) is 30.5 Å². The molecule has 0 radical (unpaired) electrons. The lowest BCUT2D eigenvalue weighted by Gasteiger charge is -2.11. The molecule has 1 fully saturated rings. The Bertz CT molecular complexity index is 1890. The van der Waals surface area contributed by atoms with Gasteiger partial charge in [0.1, 0.15) is 11.5 Å². The van der Waals surface area contributed by atoms with E-state index >= 15 is 0 Å². The zero-order chi connectivity index (χ0) is 27.1. The van der Waals surface area contributed by atoms with E-state index in [1.165, 1.54) is 12.1 Å². The summed E-state index contributed by atoms with van der Waals surface area (Å²) in [5, 5.41) is 12.7. The van der Waals surface area contributed by atoms with Crippen LogP contribution >= 0.6 is 0 Å². The Morgan fingerprint density at radius 1 is 1.00 bits per heavy atom. The van der Waals surface area contributed by atoms with Crippen LogP contribution in [0.25, 0.3) is 51.4 Å². The number of fused-ring (bicyclic) bond motifs is 2. The Hall–Kier alpha value is -4.85. The number of rotatable bonds is 5. The van der Waals surface area contributed by atoms with Gasteiger partial charge in [-0.1, -0.05) is 49.3 Å². The van der Waals surface area contributed by atoms with E-state index in [0.717, 1.165) is 69.5 Å². The quantitative estimate of drug-likeness (QED) is 0.286. The molecule has 5 aromatic rings. The third kappa shape index (κ3) is 4.51. The highest BCUT2D eigenvalue weighted by Crippen LogP contribution is 2.30. The SMILES string of the molecule is O=C(Nc1cncc(C2=CCC=c3[nH]nc(-c4nc5c(-c6ccc(F)cc6)cccc5[nH]4)c3=C2)c1)C1CCCC1. The molecule has 0 bridgehead atoms. The van der Waals surface area contributed by atoms with Crippen molar-refractivity contribution in [1.82, 2.24) is 25.1 Å². The number of nitrogens with one attached hydrogen (secondary N) is 3. The van der Waals surface area contributed by atoms with E-state index in [9.17, 15) is 9.18 Å². The van der Waals surface area contributed by atoms with Crippen LogP contribution in [-0.4, -0.2) is 31.1 Å². The number of carbonyl (C=O) groups excluding carboxylic acids is 1. The van der Waals surface area contributed by atoms with E-state index in [2.05, 4.69) is 43.7 Å². The van der Waals surface area contributed by atoms with E-state index < -0.39 is 0 Å². The molecule has 1 amide bonds. The summed E-state index contributed by atoms with van der Waals surface area (Å²) in [5.41, 5.74) is 6.80. The summed E-state index contributed by atoms with van der Waals surface area (Å²) in [5.74, 6) is 0.535. The lowest BCUT2D eigenvalue weighted by molar-refractivity contribution is -0.119. The standard InChI is InChI=1S/C32H27FN6O/c33-23-13-11-19(12-14-23)25-8-4-10-28-29(25)37-31(36-28)30-26-16-21(7-3-9-27(26)38-39-30)22-15-24(18-34-17-22)35-32(40)20-5-1-2-6-20/h4,7-18,20,38H,1-3,5-6H2,(H,35,40)(H,36,37). The first-order chi connectivity index (χ1) is 19.6. The molecule has 0 aliphatic heterocycles. The predicted octanol–water partition coefficient (Wildman–Crippen LogP) is 5.33. The Morgan fingerprint density at radius 2 is 1.85 bits per heavy atom. The molecule has 3 heterocycles. The third-order valence-corrected chi connectivity index (χ3v) is 7.75. The van der Waals surface area contributed by atoms with Crippen molar-refractivity contribution in [2.45, 2.75) is 32.1 Å². The van der Waals surface area contributed by atoms with Crippen LogP contribution in [0.5, 0.6) is 0 Å². The minimum Gasteiger partial charge on any atom is -0.337 e. The summed E-state index contributed by atoms with van der Waals surface area (Å²) >= 11 is 0. The molecule has 2 aliphatic rings. The number of aromatic nitrogens is 5. The molecule has 0 spiro atoms. The highest BCUT2D eigenvalue weighted by molar-refractivity contribution is 5.96. The maximum Gasteiger partial charge on any atom is 0.227 e. The highest BCUT2D eigenvalue weighted by atomic mass is 19.1. The number of carbonyl (C=O) groups is 1. The second-order valence-corrected chi connectivity index (χ2v) is 10.4. The van der Waals surface area contributed by atoms with Crippen LogP contribution in [0.3, 0.4) is 0 Å². The first-order valence-corrected chi connectivity index (χ1v) is 13.6. The van der Waals surface area contributed by atoms with Crippen LogP contribution in [0.4, 0.5) is 10.1 Å². The highest BCUT2D eigenvalue weighted by Gasteiger charge is 2.23. The van der Waals surface area contributed by atoms with Gasteiger partial charge in [-0.25, -0.2) is 9.37 Å². The van der Waals surface area contributed by atoms with E-state index in [4.69, 9.17) is 4.98 Å². The summed E-state index contributed by atoms with van der Waals surface area (Å²) in [7, 11) is 0. The smallest absolute Gasteiger partial charge is 0.227 e. The molecule has 7 rings (SSSR count). The van der Waals surface area contributed by atoms with Crippen molar-refractivity contribution in [2.75, 3.05) is 5.32 Å². The number of benzene rings is 2. The first-order valence-electron chi connectivity index (χ1n) is 13.6. The van der Waals surface area contributed by atoms with Crippen LogP contribution in [0.1, 0.15) is 37.7 Å². The van der Waals surface area contributed by atoms with Gasteiger partial charge in [0.25, 0.3) is 0 Å². The number of H-pyrrole nitrogens is 2. The lowest BCUT2D eigenvalue weighted by Crippen LogP contribution is -2.23.